The summed E-state index contributed by atoms with van der Waals surface area (Å²) in [7, 11) is -2.79. The average molecular weight is 515 g/mol. The normalized spacial score (nSPS) is 26.5. The zero-order valence-corrected chi connectivity index (χ0v) is 21.2. The standard InChI is InChI=1S/C21H26F2O2Si.C5H8F2O2/c1-20(2,3)26(16-10-6-4-7-11-16,17-12-8-5-9-13-17)25-15-19-18(14-24)21(19,22)23;6-5(7)3(1-8)4(5)2-9/h4-13,18-19,24H,14-15H2,1-3H3;3-4,8-9H,1-2H2/t18-,19-;3-,4-/m00/s1. The fourth-order valence-corrected chi connectivity index (χ4v) is 9.46. The fourth-order valence-electron chi connectivity index (χ4n) is 4.87. The molecule has 0 unspecified atom stereocenters. The van der Waals surface area contributed by atoms with Crippen molar-refractivity contribution in [2.24, 2.45) is 23.7 Å². The lowest BCUT2D eigenvalue weighted by Crippen LogP contribution is -2.66. The highest BCUT2D eigenvalue weighted by atomic mass is 28.4. The Morgan fingerprint density at radius 2 is 1.03 bits per heavy atom. The third-order valence-electron chi connectivity index (χ3n) is 7.22. The number of benzene rings is 2. The molecule has 0 bridgehead atoms. The molecule has 0 radical (unpaired) electrons. The molecule has 4 nitrogen and oxygen atoms in total. The third-order valence-corrected chi connectivity index (χ3v) is 12.2. The van der Waals surface area contributed by atoms with Crippen LogP contribution in [0.2, 0.25) is 5.04 Å². The lowest BCUT2D eigenvalue weighted by atomic mass is 10.2. The Morgan fingerprint density at radius 1 is 0.686 bits per heavy atom. The van der Waals surface area contributed by atoms with Gasteiger partial charge in [0.15, 0.2) is 0 Å². The molecule has 0 spiro atoms. The van der Waals surface area contributed by atoms with Gasteiger partial charge in [0.25, 0.3) is 20.2 Å². The molecule has 3 N–H and O–H groups in total. The number of rotatable bonds is 8. The summed E-state index contributed by atoms with van der Waals surface area (Å²) < 4.78 is 58.6. The summed E-state index contributed by atoms with van der Waals surface area (Å²) in [6.45, 7) is 4.76. The Kier molecular flexibility index (Phi) is 8.18. The van der Waals surface area contributed by atoms with Crippen molar-refractivity contribution >= 4 is 18.7 Å². The highest BCUT2D eigenvalue weighted by molar-refractivity contribution is 6.99. The van der Waals surface area contributed by atoms with Crippen LogP contribution in [0.15, 0.2) is 60.7 Å². The molecule has 9 heteroatoms. The highest BCUT2D eigenvalue weighted by Crippen LogP contribution is 2.56. The van der Waals surface area contributed by atoms with Crippen LogP contribution in [0.5, 0.6) is 0 Å². The van der Waals surface area contributed by atoms with Gasteiger partial charge in [0.1, 0.15) is 0 Å². The zero-order valence-electron chi connectivity index (χ0n) is 20.2. The van der Waals surface area contributed by atoms with Gasteiger partial charge in [-0.3, -0.25) is 0 Å². The molecule has 0 saturated heterocycles. The van der Waals surface area contributed by atoms with E-state index >= 15 is 0 Å². The molecular formula is C26H34F4O4Si. The Morgan fingerprint density at radius 3 is 1.31 bits per heavy atom. The van der Waals surface area contributed by atoms with Crippen molar-refractivity contribution in [1.82, 2.24) is 0 Å². The first kappa shape index (κ1) is 27.8. The van der Waals surface area contributed by atoms with Crippen LogP contribution in [0.25, 0.3) is 0 Å². The van der Waals surface area contributed by atoms with Crippen molar-refractivity contribution < 1.29 is 37.3 Å². The highest BCUT2D eigenvalue weighted by Gasteiger charge is 2.68. The smallest absolute Gasteiger partial charge is 0.261 e. The molecule has 2 aliphatic rings. The Hall–Kier alpha value is -1.78. The molecular weight excluding hydrogens is 480 g/mol. The molecule has 4 atom stereocenters. The SMILES string of the molecule is CC(C)(C)[Si](OC[C@H]1[C@H](CO)C1(F)F)(c1ccccc1)c1ccccc1.OC[C@H]1[C@H](CO)C1(F)F. The molecule has 2 saturated carbocycles. The third kappa shape index (κ3) is 5.20. The van der Waals surface area contributed by atoms with Crippen molar-refractivity contribution in [3.05, 3.63) is 60.7 Å². The molecule has 4 rings (SSSR count). The molecule has 35 heavy (non-hydrogen) atoms. The van der Waals surface area contributed by atoms with Crippen LogP contribution >= 0.6 is 0 Å². The van der Waals surface area contributed by atoms with Gasteiger partial charge in [0.05, 0.1) is 43.5 Å². The van der Waals surface area contributed by atoms with E-state index in [1.165, 1.54) is 0 Å². The van der Waals surface area contributed by atoms with Crippen LogP contribution in [-0.2, 0) is 4.43 Å². The summed E-state index contributed by atoms with van der Waals surface area (Å²) >= 11 is 0. The van der Waals surface area contributed by atoms with Gasteiger partial charge >= 0.3 is 0 Å². The summed E-state index contributed by atoms with van der Waals surface area (Å²) in [5.41, 5.74) is 0. The lowest BCUT2D eigenvalue weighted by Gasteiger charge is -2.43. The summed E-state index contributed by atoms with van der Waals surface area (Å²) in [6.07, 6.45) is 0. The van der Waals surface area contributed by atoms with Crippen molar-refractivity contribution in [2.45, 2.75) is 37.7 Å². The molecule has 2 aromatic carbocycles. The first-order chi connectivity index (χ1) is 16.4. The minimum Gasteiger partial charge on any atom is -0.407 e. The van der Waals surface area contributed by atoms with Crippen LogP contribution in [-0.4, -0.2) is 61.9 Å². The zero-order chi connectivity index (χ0) is 26.1. The minimum absolute atomic E-state index is 0.0362. The molecule has 0 amide bonds. The van der Waals surface area contributed by atoms with Gasteiger partial charge in [-0.15, -0.1) is 0 Å². The van der Waals surface area contributed by atoms with Crippen LogP contribution in [0, 0.1) is 23.7 Å². The van der Waals surface area contributed by atoms with Crippen molar-refractivity contribution in [2.75, 3.05) is 26.4 Å². The molecule has 0 heterocycles. The molecule has 2 aliphatic carbocycles. The Bertz CT molecular complexity index is 901. The maximum absolute atomic E-state index is 13.9. The summed E-state index contributed by atoms with van der Waals surface area (Å²) in [5, 5.41) is 27.6. The van der Waals surface area contributed by atoms with Crippen LogP contribution < -0.4 is 10.4 Å². The second kappa shape index (κ2) is 10.3. The predicted molar refractivity (Wildman–Crippen MR) is 129 cm³/mol. The van der Waals surface area contributed by atoms with Crippen LogP contribution in [0.3, 0.4) is 0 Å². The van der Waals surface area contributed by atoms with E-state index in [0.29, 0.717) is 0 Å². The van der Waals surface area contributed by atoms with Crippen LogP contribution in [0.4, 0.5) is 17.6 Å². The maximum atomic E-state index is 13.9. The van der Waals surface area contributed by atoms with E-state index < -0.39 is 63.7 Å². The maximum Gasteiger partial charge on any atom is 0.261 e. The van der Waals surface area contributed by atoms with Gasteiger partial charge in [-0.05, 0) is 15.4 Å². The van der Waals surface area contributed by atoms with Crippen molar-refractivity contribution in [3.63, 3.8) is 0 Å². The number of hydrogen-bond acceptors (Lipinski definition) is 4. The van der Waals surface area contributed by atoms with E-state index in [9.17, 15) is 22.7 Å². The van der Waals surface area contributed by atoms with Crippen molar-refractivity contribution in [3.8, 4) is 0 Å². The monoisotopic (exact) mass is 514 g/mol. The van der Waals surface area contributed by atoms with Gasteiger partial charge in [-0.1, -0.05) is 81.4 Å². The number of aliphatic hydroxyl groups excluding tert-OH is 3. The van der Waals surface area contributed by atoms with E-state index in [4.69, 9.17) is 14.6 Å². The molecule has 0 aromatic heterocycles. The lowest BCUT2D eigenvalue weighted by molar-refractivity contribution is 0.0634. The van der Waals surface area contributed by atoms with Gasteiger partial charge in [0, 0.05) is 6.61 Å². The van der Waals surface area contributed by atoms with E-state index in [0.717, 1.165) is 10.4 Å². The van der Waals surface area contributed by atoms with Gasteiger partial charge in [0.2, 0.25) is 0 Å². The first-order valence-corrected chi connectivity index (χ1v) is 13.6. The van der Waals surface area contributed by atoms with E-state index in [-0.39, 0.29) is 11.6 Å². The second-order valence-corrected chi connectivity index (χ2v) is 14.6. The van der Waals surface area contributed by atoms with Gasteiger partial charge in [-0.2, -0.15) is 0 Å². The molecule has 2 fully saturated rings. The topological polar surface area (TPSA) is 69.9 Å². The van der Waals surface area contributed by atoms with E-state index in [1.807, 2.05) is 60.7 Å². The number of alkyl halides is 4. The van der Waals surface area contributed by atoms with Gasteiger partial charge in [-0.25, -0.2) is 17.6 Å². The van der Waals surface area contributed by atoms with Crippen molar-refractivity contribution in [1.29, 1.82) is 0 Å². The largest absolute Gasteiger partial charge is 0.407 e. The molecule has 2 aromatic rings. The van der Waals surface area contributed by atoms with E-state index in [2.05, 4.69) is 20.8 Å². The van der Waals surface area contributed by atoms with E-state index in [1.54, 1.807) is 0 Å². The fraction of sp³-hybridized carbons (Fsp3) is 0.538. The minimum atomic E-state index is -2.83. The van der Waals surface area contributed by atoms with Gasteiger partial charge < -0.3 is 19.7 Å². The number of aliphatic hydroxyl groups is 3. The predicted octanol–water partition coefficient (Wildman–Crippen LogP) is 3.29. The first-order valence-electron chi connectivity index (χ1n) is 11.7. The molecule has 194 valence electrons. The summed E-state index contributed by atoms with van der Waals surface area (Å²) in [6, 6.07) is 19.9. The number of hydrogen-bond donors (Lipinski definition) is 3. The molecule has 0 aliphatic heterocycles. The average Bonchev–Trinajstić information content (AvgIpc) is 3.59. The quantitative estimate of drug-likeness (QED) is 0.374. The number of halogens is 4. The summed E-state index contributed by atoms with van der Waals surface area (Å²) in [4.78, 5) is 0. The second-order valence-electron chi connectivity index (χ2n) is 10.3. The van der Waals surface area contributed by atoms with Crippen LogP contribution in [0.1, 0.15) is 20.8 Å². The Labute approximate surface area is 204 Å². The summed E-state index contributed by atoms with van der Waals surface area (Å²) in [5.74, 6) is -9.54. The Balaban J connectivity index is 0.000000320.